The average molecular weight is 278 g/mol. The second-order valence-corrected chi connectivity index (χ2v) is 3.62. The van der Waals surface area contributed by atoms with E-state index < -0.39 is 11.6 Å². The topological polar surface area (TPSA) is 52.4 Å². The first kappa shape index (κ1) is 11.9. The molecule has 6 heteroatoms. The van der Waals surface area contributed by atoms with Crippen LogP contribution in [0.5, 0.6) is 5.75 Å². The maximum atomic E-state index is 11.8. The van der Waals surface area contributed by atoms with Gasteiger partial charge in [0.1, 0.15) is 5.75 Å². The molecule has 0 atom stereocenters. The molecule has 0 aliphatic rings. The van der Waals surface area contributed by atoms with E-state index in [0.29, 0.717) is 10.2 Å². The number of hydrogen-bond acceptors (Lipinski definition) is 3. The van der Waals surface area contributed by atoms with Gasteiger partial charge in [0.25, 0.3) is 5.69 Å². The Morgan fingerprint density at radius 1 is 1.53 bits per heavy atom. The highest BCUT2D eigenvalue weighted by Crippen LogP contribution is 2.29. The van der Waals surface area contributed by atoms with Crippen LogP contribution in [-0.2, 0) is 0 Å². The molecule has 0 spiro atoms. The van der Waals surface area contributed by atoms with Crippen molar-refractivity contribution < 1.29 is 14.1 Å². The van der Waals surface area contributed by atoms with Gasteiger partial charge in [-0.2, -0.15) is 0 Å². The van der Waals surface area contributed by atoms with Crippen molar-refractivity contribution in [3.05, 3.63) is 32.8 Å². The Labute approximate surface area is 94.3 Å². The van der Waals surface area contributed by atoms with Crippen LogP contribution in [0.4, 0.5) is 10.1 Å². The van der Waals surface area contributed by atoms with E-state index in [0.717, 1.165) is 0 Å². The summed E-state index contributed by atoms with van der Waals surface area (Å²) < 4.78 is 17.6. The molecule has 15 heavy (non-hydrogen) atoms. The lowest BCUT2D eigenvalue weighted by molar-refractivity contribution is -0.385. The van der Waals surface area contributed by atoms with Crippen molar-refractivity contribution in [3.8, 4) is 5.75 Å². The zero-order valence-electron chi connectivity index (χ0n) is 7.78. The van der Waals surface area contributed by atoms with E-state index >= 15 is 0 Å². The Kier molecular flexibility index (Phi) is 4.48. The monoisotopic (exact) mass is 277 g/mol. The van der Waals surface area contributed by atoms with Crippen molar-refractivity contribution in [2.24, 2.45) is 0 Å². The summed E-state index contributed by atoms with van der Waals surface area (Å²) in [7, 11) is 0. The van der Waals surface area contributed by atoms with E-state index in [1.165, 1.54) is 18.2 Å². The highest BCUT2D eigenvalue weighted by atomic mass is 79.9. The van der Waals surface area contributed by atoms with Crippen molar-refractivity contribution in [1.82, 2.24) is 0 Å². The number of nitro groups is 1. The van der Waals surface area contributed by atoms with E-state index in [9.17, 15) is 14.5 Å². The Morgan fingerprint density at radius 2 is 2.27 bits per heavy atom. The van der Waals surface area contributed by atoms with Crippen LogP contribution in [-0.4, -0.2) is 18.2 Å². The number of nitrogens with zero attached hydrogens (tertiary/aromatic N) is 1. The summed E-state index contributed by atoms with van der Waals surface area (Å²) in [4.78, 5) is 9.96. The molecule has 0 heterocycles. The van der Waals surface area contributed by atoms with Crippen molar-refractivity contribution in [2.45, 2.75) is 6.42 Å². The lowest BCUT2D eigenvalue weighted by Crippen LogP contribution is -1.99. The van der Waals surface area contributed by atoms with Gasteiger partial charge < -0.3 is 4.74 Å². The molecule has 0 saturated heterocycles. The average Bonchev–Trinajstić information content (AvgIpc) is 2.20. The number of nitro benzene ring substituents is 1. The van der Waals surface area contributed by atoms with Gasteiger partial charge in [-0.1, -0.05) is 0 Å². The quantitative estimate of drug-likeness (QED) is 0.472. The van der Waals surface area contributed by atoms with Gasteiger partial charge in [0.15, 0.2) is 0 Å². The fourth-order valence-corrected chi connectivity index (χ4v) is 1.31. The minimum absolute atomic E-state index is 0.0477. The van der Waals surface area contributed by atoms with Crippen LogP contribution < -0.4 is 4.74 Å². The first-order chi connectivity index (χ1) is 7.15. The van der Waals surface area contributed by atoms with Gasteiger partial charge in [0.2, 0.25) is 0 Å². The Hall–Kier alpha value is -1.17. The van der Waals surface area contributed by atoms with Crippen LogP contribution in [0.1, 0.15) is 6.42 Å². The minimum Gasteiger partial charge on any atom is -0.492 e. The van der Waals surface area contributed by atoms with Crippen molar-refractivity contribution >= 4 is 21.6 Å². The molecule has 0 bridgehead atoms. The zero-order valence-corrected chi connectivity index (χ0v) is 9.37. The third-order valence-corrected chi connectivity index (χ3v) is 2.32. The van der Waals surface area contributed by atoms with Gasteiger partial charge in [-0.3, -0.25) is 14.5 Å². The highest BCUT2D eigenvalue weighted by molar-refractivity contribution is 9.10. The van der Waals surface area contributed by atoms with Crippen LogP contribution in [0.3, 0.4) is 0 Å². The first-order valence-corrected chi connectivity index (χ1v) is 5.07. The maximum absolute atomic E-state index is 11.8. The number of alkyl halides is 1. The lowest BCUT2D eigenvalue weighted by Gasteiger charge is -2.06. The molecular weight excluding hydrogens is 269 g/mol. The van der Waals surface area contributed by atoms with Gasteiger partial charge in [-0.05, 0) is 22.0 Å². The van der Waals surface area contributed by atoms with E-state index in [4.69, 9.17) is 4.74 Å². The molecule has 1 aromatic carbocycles. The van der Waals surface area contributed by atoms with E-state index in [2.05, 4.69) is 15.9 Å². The minimum atomic E-state index is -0.506. The Bertz CT molecular complexity index is 359. The summed E-state index contributed by atoms with van der Waals surface area (Å²) in [5.74, 6) is 0.359. The van der Waals surface area contributed by atoms with Crippen LogP contribution in [0.2, 0.25) is 0 Å². The molecule has 0 aliphatic carbocycles. The molecule has 0 aliphatic heterocycles. The largest absolute Gasteiger partial charge is 0.492 e. The number of benzene rings is 1. The summed E-state index contributed by atoms with van der Waals surface area (Å²) in [6.07, 6.45) is 0.273. The molecule has 82 valence electrons. The normalized spacial score (nSPS) is 10.0. The lowest BCUT2D eigenvalue weighted by atomic mass is 10.3. The molecule has 0 aromatic heterocycles. The van der Waals surface area contributed by atoms with Crippen LogP contribution in [0.15, 0.2) is 22.7 Å². The number of hydrogen-bond donors (Lipinski definition) is 0. The van der Waals surface area contributed by atoms with Crippen molar-refractivity contribution in [3.63, 3.8) is 0 Å². The summed E-state index contributed by atoms with van der Waals surface area (Å²) in [6.45, 7) is -0.261. The molecular formula is C9H9BrFNO3. The predicted octanol–water partition coefficient (Wildman–Crippen LogP) is 3.10. The Balaban J connectivity index is 2.76. The molecule has 0 N–H and O–H groups in total. The van der Waals surface area contributed by atoms with Gasteiger partial charge in [0.05, 0.1) is 28.7 Å². The van der Waals surface area contributed by atoms with Crippen LogP contribution in [0.25, 0.3) is 0 Å². The van der Waals surface area contributed by atoms with E-state index in [1.54, 1.807) is 0 Å². The van der Waals surface area contributed by atoms with Crippen molar-refractivity contribution in [1.29, 1.82) is 0 Å². The van der Waals surface area contributed by atoms with E-state index in [-0.39, 0.29) is 18.7 Å². The summed E-state index contributed by atoms with van der Waals surface area (Å²) in [6, 6.07) is 4.21. The molecule has 0 fully saturated rings. The van der Waals surface area contributed by atoms with Gasteiger partial charge in [-0.25, -0.2) is 0 Å². The SMILES string of the molecule is O=[N+]([O-])c1ccc(Br)c(OCCCF)c1. The summed E-state index contributed by atoms with van der Waals surface area (Å²) >= 11 is 3.19. The maximum Gasteiger partial charge on any atom is 0.273 e. The van der Waals surface area contributed by atoms with Crippen LogP contribution in [0, 0.1) is 10.1 Å². The second-order valence-electron chi connectivity index (χ2n) is 2.76. The van der Waals surface area contributed by atoms with Crippen LogP contribution >= 0.6 is 15.9 Å². The molecule has 1 rings (SSSR count). The molecule has 1 aromatic rings. The molecule has 0 saturated carbocycles. The third kappa shape index (κ3) is 3.47. The molecule has 0 unspecified atom stereocenters. The van der Waals surface area contributed by atoms with Crippen molar-refractivity contribution in [2.75, 3.05) is 13.3 Å². The predicted molar refractivity (Wildman–Crippen MR) is 56.9 cm³/mol. The Morgan fingerprint density at radius 3 is 2.87 bits per heavy atom. The molecule has 0 radical (unpaired) electrons. The first-order valence-electron chi connectivity index (χ1n) is 4.28. The van der Waals surface area contributed by atoms with Gasteiger partial charge in [0, 0.05) is 12.5 Å². The number of non-ortho nitro benzene ring substituents is 1. The van der Waals surface area contributed by atoms with E-state index in [1.807, 2.05) is 0 Å². The van der Waals surface area contributed by atoms with Gasteiger partial charge >= 0.3 is 0 Å². The molecule has 0 amide bonds. The third-order valence-electron chi connectivity index (χ3n) is 1.66. The van der Waals surface area contributed by atoms with Gasteiger partial charge in [-0.15, -0.1) is 0 Å². The number of halogens is 2. The standard InChI is InChI=1S/C9H9BrFNO3/c10-8-3-2-7(12(13)14)6-9(8)15-5-1-4-11/h2-3,6H,1,4-5H2. The second kappa shape index (κ2) is 5.65. The fraction of sp³-hybridized carbons (Fsp3) is 0.333. The smallest absolute Gasteiger partial charge is 0.273 e. The molecule has 4 nitrogen and oxygen atoms in total. The highest BCUT2D eigenvalue weighted by Gasteiger charge is 2.09. The summed E-state index contributed by atoms with van der Waals surface area (Å²) in [5, 5.41) is 10.5. The number of rotatable bonds is 5. The number of ether oxygens (including phenoxy) is 1. The zero-order chi connectivity index (χ0) is 11.3. The summed E-state index contributed by atoms with van der Waals surface area (Å²) in [5.41, 5.74) is -0.0477. The fourth-order valence-electron chi connectivity index (χ4n) is 0.953.